The molecule has 1 aromatic carbocycles. The molecule has 0 radical (unpaired) electrons. The van der Waals surface area contributed by atoms with E-state index in [4.69, 9.17) is 10.5 Å². The monoisotopic (exact) mass is 403 g/mol. The number of methoxy groups -OCH3 is 1. The Morgan fingerprint density at radius 2 is 1.92 bits per heavy atom. The number of hydrogen-bond donors (Lipinski definition) is 1. The molecule has 2 N–H and O–H groups in total. The summed E-state index contributed by atoms with van der Waals surface area (Å²) >= 11 is 0. The fraction of sp³-hybridized carbons (Fsp3) is 0.588. The van der Waals surface area contributed by atoms with Crippen LogP contribution in [0.15, 0.2) is 23.1 Å². The Bertz CT molecular complexity index is 750. The number of likely N-dealkylation sites (tertiary alicyclic amines) is 1. The zero-order chi connectivity index (χ0) is 18.0. The molecule has 2 aliphatic heterocycles. The Kier molecular flexibility index (Phi) is 6.90. The SMILES string of the molecule is COc1ccc(C(=O)N2CCCC2CN)cc1S(=O)(=O)N1CCCC1.Cl. The predicted molar refractivity (Wildman–Crippen MR) is 101 cm³/mol. The van der Waals surface area contributed by atoms with Crippen molar-refractivity contribution in [2.24, 2.45) is 5.73 Å². The van der Waals surface area contributed by atoms with Crippen molar-refractivity contribution in [1.82, 2.24) is 9.21 Å². The Hall–Kier alpha value is -1.35. The van der Waals surface area contributed by atoms with Gasteiger partial charge in [-0.15, -0.1) is 12.4 Å². The van der Waals surface area contributed by atoms with Crippen LogP contribution in [0.3, 0.4) is 0 Å². The van der Waals surface area contributed by atoms with Crippen molar-refractivity contribution in [2.75, 3.05) is 33.3 Å². The van der Waals surface area contributed by atoms with Crippen molar-refractivity contribution < 1.29 is 17.9 Å². The Morgan fingerprint density at radius 1 is 1.23 bits per heavy atom. The van der Waals surface area contributed by atoms with E-state index >= 15 is 0 Å². The zero-order valence-electron chi connectivity index (χ0n) is 14.9. The molecule has 0 aliphatic carbocycles. The summed E-state index contributed by atoms with van der Waals surface area (Å²) in [6, 6.07) is 4.65. The lowest BCUT2D eigenvalue weighted by molar-refractivity contribution is 0.0741. The quantitative estimate of drug-likeness (QED) is 0.803. The van der Waals surface area contributed by atoms with Crippen molar-refractivity contribution in [2.45, 2.75) is 36.6 Å². The maximum atomic E-state index is 12.9. The van der Waals surface area contributed by atoms with E-state index in [0.717, 1.165) is 25.7 Å². The lowest BCUT2D eigenvalue weighted by Gasteiger charge is -2.24. The summed E-state index contributed by atoms with van der Waals surface area (Å²) < 4.78 is 32.6. The summed E-state index contributed by atoms with van der Waals surface area (Å²) in [4.78, 5) is 14.6. The van der Waals surface area contributed by atoms with Crippen LogP contribution in [0.2, 0.25) is 0 Å². The van der Waals surface area contributed by atoms with Gasteiger partial charge >= 0.3 is 0 Å². The molecule has 2 fully saturated rings. The first-order chi connectivity index (χ1) is 12.0. The number of nitrogens with zero attached hydrogens (tertiary/aromatic N) is 2. The van der Waals surface area contributed by atoms with Crippen LogP contribution in [0, 0.1) is 0 Å². The number of carbonyl (C=O) groups is 1. The van der Waals surface area contributed by atoms with Gasteiger partial charge in [-0.2, -0.15) is 4.31 Å². The van der Waals surface area contributed by atoms with Crippen LogP contribution < -0.4 is 10.5 Å². The topological polar surface area (TPSA) is 92.9 Å². The second kappa shape index (κ2) is 8.56. The van der Waals surface area contributed by atoms with E-state index in [2.05, 4.69) is 0 Å². The zero-order valence-corrected chi connectivity index (χ0v) is 16.5. The largest absolute Gasteiger partial charge is 0.495 e. The van der Waals surface area contributed by atoms with Gasteiger partial charge in [-0.05, 0) is 43.9 Å². The molecule has 1 aromatic rings. The third kappa shape index (κ3) is 3.83. The normalized spacial score (nSPS) is 20.8. The third-order valence-electron chi connectivity index (χ3n) is 5.00. The second-order valence-corrected chi connectivity index (χ2v) is 8.41. The van der Waals surface area contributed by atoms with Crippen molar-refractivity contribution >= 4 is 28.3 Å². The molecular formula is C17H26ClN3O4S. The molecule has 2 aliphatic rings. The fourth-order valence-corrected chi connectivity index (χ4v) is 5.29. The van der Waals surface area contributed by atoms with Crippen LogP contribution in [-0.4, -0.2) is 62.9 Å². The first-order valence-corrected chi connectivity index (χ1v) is 10.1. The summed E-state index contributed by atoms with van der Waals surface area (Å²) in [7, 11) is -2.23. The average molecular weight is 404 g/mol. The molecule has 1 amide bonds. The maximum Gasteiger partial charge on any atom is 0.254 e. The van der Waals surface area contributed by atoms with Gasteiger partial charge in [-0.1, -0.05) is 0 Å². The van der Waals surface area contributed by atoms with Crippen LogP contribution in [-0.2, 0) is 10.0 Å². The lowest BCUT2D eigenvalue weighted by Crippen LogP contribution is -2.40. The molecule has 2 saturated heterocycles. The van der Waals surface area contributed by atoms with Gasteiger partial charge in [0, 0.05) is 37.8 Å². The molecule has 26 heavy (non-hydrogen) atoms. The number of benzene rings is 1. The Morgan fingerprint density at radius 3 is 2.54 bits per heavy atom. The van der Waals surface area contributed by atoms with Crippen molar-refractivity contribution in [3.8, 4) is 5.75 Å². The van der Waals surface area contributed by atoms with Crippen molar-refractivity contribution in [1.29, 1.82) is 0 Å². The van der Waals surface area contributed by atoms with E-state index in [1.54, 1.807) is 17.0 Å². The predicted octanol–water partition coefficient (Wildman–Crippen LogP) is 1.46. The molecule has 146 valence electrons. The van der Waals surface area contributed by atoms with E-state index < -0.39 is 10.0 Å². The number of sulfonamides is 1. The molecule has 0 saturated carbocycles. The number of amides is 1. The van der Waals surface area contributed by atoms with Gasteiger partial charge < -0.3 is 15.4 Å². The van der Waals surface area contributed by atoms with Crippen molar-refractivity contribution in [3.63, 3.8) is 0 Å². The maximum absolute atomic E-state index is 12.9. The van der Waals surface area contributed by atoms with Gasteiger partial charge in [-0.25, -0.2) is 8.42 Å². The van der Waals surface area contributed by atoms with Gasteiger partial charge in [0.1, 0.15) is 10.6 Å². The summed E-state index contributed by atoms with van der Waals surface area (Å²) in [5.41, 5.74) is 6.11. The summed E-state index contributed by atoms with van der Waals surface area (Å²) in [6.07, 6.45) is 3.51. The van der Waals surface area contributed by atoms with Gasteiger partial charge in [-0.3, -0.25) is 4.79 Å². The Labute approximate surface area is 160 Å². The first kappa shape index (κ1) is 21.0. The molecule has 0 spiro atoms. The number of ether oxygens (including phenoxy) is 1. The molecule has 0 bridgehead atoms. The van der Waals surface area contributed by atoms with Crippen LogP contribution in [0.5, 0.6) is 5.75 Å². The second-order valence-electron chi connectivity index (χ2n) is 6.51. The van der Waals surface area contributed by atoms with E-state index in [-0.39, 0.29) is 35.0 Å². The van der Waals surface area contributed by atoms with Gasteiger partial charge in [0.15, 0.2) is 0 Å². The first-order valence-electron chi connectivity index (χ1n) is 8.68. The smallest absolute Gasteiger partial charge is 0.254 e. The van der Waals surface area contributed by atoms with Crippen LogP contribution >= 0.6 is 12.4 Å². The molecule has 3 rings (SSSR count). The molecule has 1 unspecified atom stereocenters. The molecule has 1 atom stereocenters. The highest BCUT2D eigenvalue weighted by Gasteiger charge is 2.33. The highest BCUT2D eigenvalue weighted by atomic mass is 35.5. The molecule has 7 nitrogen and oxygen atoms in total. The highest BCUT2D eigenvalue weighted by Crippen LogP contribution is 2.31. The average Bonchev–Trinajstić information content (AvgIpc) is 3.31. The summed E-state index contributed by atoms with van der Waals surface area (Å²) in [5.74, 6) is 0.0914. The third-order valence-corrected chi connectivity index (χ3v) is 6.92. The molecular weight excluding hydrogens is 378 g/mol. The molecule has 0 aromatic heterocycles. The molecule has 2 heterocycles. The van der Waals surface area contributed by atoms with Crippen LogP contribution in [0.4, 0.5) is 0 Å². The lowest BCUT2D eigenvalue weighted by atomic mass is 10.1. The van der Waals surface area contributed by atoms with Gasteiger partial charge in [0.25, 0.3) is 5.91 Å². The number of hydrogen-bond acceptors (Lipinski definition) is 5. The standard InChI is InChI=1S/C17H25N3O4S.ClH/c1-24-15-7-6-13(17(21)20-10-4-5-14(20)12-18)11-16(15)25(22,23)19-8-2-3-9-19;/h6-7,11,14H,2-5,8-10,12,18H2,1H3;1H. The number of nitrogens with two attached hydrogens (primary N) is 1. The van der Waals surface area contributed by atoms with Gasteiger partial charge in [0.2, 0.25) is 10.0 Å². The number of halogens is 1. The van der Waals surface area contributed by atoms with Crippen LogP contribution in [0.25, 0.3) is 0 Å². The highest BCUT2D eigenvalue weighted by molar-refractivity contribution is 7.89. The van der Waals surface area contributed by atoms with E-state index in [1.807, 2.05) is 0 Å². The van der Waals surface area contributed by atoms with E-state index in [1.165, 1.54) is 17.5 Å². The minimum absolute atomic E-state index is 0. The fourth-order valence-electron chi connectivity index (χ4n) is 3.59. The minimum Gasteiger partial charge on any atom is -0.495 e. The number of rotatable bonds is 5. The molecule has 9 heteroatoms. The van der Waals surface area contributed by atoms with E-state index in [9.17, 15) is 13.2 Å². The summed E-state index contributed by atoms with van der Waals surface area (Å²) in [6.45, 7) is 2.08. The number of carbonyl (C=O) groups excluding carboxylic acids is 1. The Balaban J connectivity index is 0.00000243. The van der Waals surface area contributed by atoms with Gasteiger partial charge in [0.05, 0.1) is 7.11 Å². The minimum atomic E-state index is -3.67. The van der Waals surface area contributed by atoms with Crippen molar-refractivity contribution in [3.05, 3.63) is 23.8 Å². The van der Waals surface area contributed by atoms with Crippen LogP contribution in [0.1, 0.15) is 36.0 Å². The summed E-state index contributed by atoms with van der Waals surface area (Å²) in [5, 5.41) is 0. The van der Waals surface area contributed by atoms with E-state index in [0.29, 0.717) is 31.7 Å².